The van der Waals surface area contributed by atoms with Gasteiger partial charge in [-0.3, -0.25) is 9.59 Å². The molecule has 0 saturated heterocycles. The second-order valence-electron chi connectivity index (χ2n) is 8.82. The fourth-order valence-electron chi connectivity index (χ4n) is 4.45. The van der Waals surface area contributed by atoms with Gasteiger partial charge in [0.15, 0.2) is 0 Å². The van der Waals surface area contributed by atoms with E-state index in [0.717, 1.165) is 27.5 Å². The minimum Gasteiger partial charge on any atom is -0.337 e. The van der Waals surface area contributed by atoms with Gasteiger partial charge in [0.05, 0.1) is 17.8 Å². The van der Waals surface area contributed by atoms with Crippen LogP contribution in [0.5, 0.6) is 0 Å². The molecule has 3 aromatic rings. The first kappa shape index (κ1) is 23.7. The topological polar surface area (TPSA) is 91.0 Å². The van der Waals surface area contributed by atoms with Gasteiger partial charge in [-0.15, -0.1) is 11.3 Å². The number of benzene rings is 1. The Bertz CT molecular complexity index is 1240. The number of thiophene rings is 1. The number of aromatic nitrogens is 2. The molecular weight excluding hydrogens is 446 g/mol. The number of nitrogens with one attached hydrogen (secondary N) is 1. The van der Waals surface area contributed by atoms with Crippen molar-refractivity contribution in [1.29, 1.82) is 5.26 Å². The zero-order chi connectivity index (χ0) is 24.2. The number of carbonyl (C=O) groups is 2. The van der Waals surface area contributed by atoms with Crippen molar-refractivity contribution < 1.29 is 9.59 Å². The number of aryl methyl sites for hydroxylation is 3. The Hall–Kier alpha value is -3.44. The SMILES string of the molecule is Cc1cn(CCC(=O)N2CCc3c(sc(NC(=O)CC(C)c4ccccc4)c3C#N)C2)c(C)n1. The van der Waals surface area contributed by atoms with Gasteiger partial charge in [0.2, 0.25) is 11.8 Å². The molecule has 8 heteroatoms. The van der Waals surface area contributed by atoms with Crippen LogP contribution in [0.2, 0.25) is 0 Å². The number of rotatable bonds is 7. The summed E-state index contributed by atoms with van der Waals surface area (Å²) in [5.41, 5.74) is 3.56. The minimum atomic E-state index is -0.106. The highest BCUT2D eigenvalue weighted by molar-refractivity contribution is 7.16. The zero-order valence-electron chi connectivity index (χ0n) is 19.8. The maximum absolute atomic E-state index is 12.9. The summed E-state index contributed by atoms with van der Waals surface area (Å²) >= 11 is 1.42. The van der Waals surface area contributed by atoms with Crippen molar-refractivity contribution in [2.75, 3.05) is 11.9 Å². The second kappa shape index (κ2) is 10.2. The first-order valence-corrected chi connectivity index (χ1v) is 12.3. The summed E-state index contributed by atoms with van der Waals surface area (Å²) in [5, 5.41) is 13.3. The normalized spacial score (nSPS) is 13.8. The molecule has 1 atom stereocenters. The molecule has 2 aromatic heterocycles. The van der Waals surface area contributed by atoms with Gasteiger partial charge in [-0.2, -0.15) is 5.26 Å². The quantitative estimate of drug-likeness (QED) is 0.543. The molecule has 1 unspecified atom stereocenters. The van der Waals surface area contributed by atoms with Gasteiger partial charge in [-0.1, -0.05) is 37.3 Å². The van der Waals surface area contributed by atoms with Crippen LogP contribution in [0, 0.1) is 25.2 Å². The Morgan fingerprint density at radius 1 is 1.26 bits per heavy atom. The number of fused-ring (bicyclic) bond motifs is 1. The number of anilines is 1. The van der Waals surface area contributed by atoms with Crippen LogP contribution in [0.1, 0.15) is 58.8 Å². The highest BCUT2D eigenvalue weighted by Crippen LogP contribution is 2.37. The van der Waals surface area contributed by atoms with Crippen molar-refractivity contribution in [1.82, 2.24) is 14.5 Å². The van der Waals surface area contributed by atoms with Crippen LogP contribution < -0.4 is 5.32 Å². The molecular formula is C26H29N5O2S. The Balaban J connectivity index is 1.39. The van der Waals surface area contributed by atoms with E-state index in [1.165, 1.54) is 11.3 Å². The lowest BCUT2D eigenvalue weighted by atomic mass is 9.97. The molecule has 1 N–H and O–H groups in total. The zero-order valence-corrected chi connectivity index (χ0v) is 20.6. The van der Waals surface area contributed by atoms with E-state index in [1.807, 2.05) is 66.8 Å². The summed E-state index contributed by atoms with van der Waals surface area (Å²) in [6.07, 6.45) is 3.33. The molecule has 0 bridgehead atoms. The summed E-state index contributed by atoms with van der Waals surface area (Å²) in [5.74, 6) is 0.971. The molecule has 0 aliphatic carbocycles. The maximum atomic E-state index is 12.9. The predicted molar refractivity (Wildman–Crippen MR) is 133 cm³/mol. The van der Waals surface area contributed by atoms with Crippen molar-refractivity contribution >= 4 is 28.2 Å². The fourth-order valence-corrected chi connectivity index (χ4v) is 5.68. The molecule has 1 aliphatic rings. The number of hydrogen-bond acceptors (Lipinski definition) is 5. The van der Waals surface area contributed by atoms with Crippen LogP contribution in [0.4, 0.5) is 5.00 Å². The third-order valence-corrected chi connectivity index (χ3v) is 7.43. The van der Waals surface area contributed by atoms with Crippen molar-refractivity contribution in [3.05, 3.63) is 69.6 Å². The Kier molecular flexibility index (Phi) is 7.13. The van der Waals surface area contributed by atoms with E-state index in [2.05, 4.69) is 16.4 Å². The van der Waals surface area contributed by atoms with Gasteiger partial charge in [0, 0.05) is 37.0 Å². The third kappa shape index (κ3) is 5.20. The molecule has 3 heterocycles. The molecule has 0 radical (unpaired) electrons. The summed E-state index contributed by atoms with van der Waals surface area (Å²) in [6.45, 7) is 7.57. The van der Waals surface area contributed by atoms with E-state index in [-0.39, 0.29) is 17.7 Å². The van der Waals surface area contributed by atoms with E-state index in [4.69, 9.17) is 0 Å². The average molecular weight is 476 g/mol. The van der Waals surface area contributed by atoms with Crippen molar-refractivity contribution in [3.63, 3.8) is 0 Å². The van der Waals surface area contributed by atoms with Gasteiger partial charge in [-0.05, 0) is 37.3 Å². The van der Waals surface area contributed by atoms with E-state index in [1.54, 1.807) is 0 Å². The van der Waals surface area contributed by atoms with Crippen molar-refractivity contribution in [2.45, 2.75) is 59.0 Å². The lowest BCUT2D eigenvalue weighted by molar-refractivity contribution is -0.132. The van der Waals surface area contributed by atoms with E-state index < -0.39 is 0 Å². The molecule has 1 aromatic carbocycles. The van der Waals surface area contributed by atoms with Crippen molar-refractivity contribution in [3.8, 4) is 6.07 Å². The Labute approximate surface area is 204 Å². The highest BCUT2D eigenvalue weighted by atomic mass is 32.1. The number of hydrogen-bond donors (Lipinski definition) is 1. The first-order chi connectivity index (χ1) is 16.4. The van der Waals surface area contributed by atoms with Crippen LogP contribution in [-0.4, -0.2) is 32.8 Å². The van der Waals surface area contributed by atoms with Gasteiger partial charge >= 0.3 is 0 Å². The predicted octanol–water partition coefficient (Wildman–Crippen LogP) is 4.54. The monoisotopic (exact) mass is 475 g/mol. The van der Waals surface area contributed by atoms with E-state index >= 15 is 0 Å². The van der Waals surface area contributed by atoms with Crippen LogP contribution >= 0.6 is 11.3 Å². The largest absolute Gasteiger partial charge is 0.337 e. The number of imidazole rings is 1. The number of nitrogens with zero attached hydrogens (tertiary/aromatic N) is 4. The number of amides is 2. The second-order valence-corrected chi connectivity index (χ2v) is 9.93. The average Bonchev–Trinajstić information content (AvgIpc) is 3.34. The summed E-state index contributed by atoms with van der Waals surface area (Å²) in [4.78, 5) is 32.8. The minimum absolute atomic E-state index is 0.0809. The highest BCUT2D eigenvalue weighted by Gasteiger charge is 2.27. The maximum Gasteiger partial charge on any atom is 0.225 e. The lowest BCUT2D eigenvalue weighted by Gasteiger charge is -2.27. The van der Waals surface area contributed by atoms with E-state index in [0.29, 0.717) is 49.5 Å². The van der Waals surface area contributed by atoms with Crippen LogP contribution in [0.3, 0.4) is 0 Å². The first-order valence-electron chi connectivity index (χ1n) is 11.5. The lowest BCUT2D eigenvalue weighted by Crippen LogP contribution is -2.35. The fraction of sp³-hybridized carbons (Fsp3) is 0.385. The smallest absolute Gasteiger partial charge is 0.225 e. The van der Waals surface area contributed by atoms with Gasteiger partial charge < -0.3 is 14.8 Å². The molecule has 7 nitrogen and oxygen atoms in total. The Morgan fingerprint density at radius 3 is 2.71 bits per heavy atom. The van der Waals surface area contributed by atoms with E-state index in [9.17, 15) is 14.9 Å². The van der Waals surface area contributed by atoms with Gasteiger partial charge in [-0.25, -0.2) is 4.98 Å². The van der Waals surface area contributed by atoms with Crippen LogP contribution in [0.25, 0.3) is 0 Å². The van der Waals surface area contributed by atoms with Crippen LogP contribution in [0.15, 0.2) is 36.5 Å². The molecule has 0 saturated carbocycles. The van der Waals surface area contributed by atoms with Crippen molar-refractivity contribution in [2.24, 2.45) is 0 Å². The van der Waals surface area contributed by atoms with Gasteiger partial charge in [0.25, 0.3) is 0 Å². The Morgan fingerprint density at radius 2 is 2.03 bits per heavy atom. The number of nitriles is 1. The molecule has 176 valence electrons. The molecule has 34 heavy (non-hydrogen) atoms. The summed E-state index contributed by atoms with van der Waals surface area (Å²) in [7, 11) is 0. The number of carbonyl (C=O) groups excluding carboxylic acids is 2. The molecule has 0 spiro atoms. The van der Waals surface area contributed by atoms with Crippen LogP contribution in [-0.2, 0) is 29.1 Å². The molecule has 4 rings (SSSR count). The standard InChI is InChI=1S/C26H29N5O2S/c1-17(20-7-5-4-6-8-20)13-24(32)29-26-22(14-27)21-9-11-31(16-23(21)34-26)25(33)10-12-30-15-18(2)28-19(30)3/h4-8,15,17H,9-13,16H2,1-3H3,(H,29,32). The van der Waals surface area contributed by atoms with Gasteiger partial charge in [0.1, 0.15) is 16.9 Å². The molecule has 0 fully saturated rings. The molecule has 2 amide bonds. The summed E-state index contributed by atoms with van der Waals surface area (Å²) < 4.78 is 2.01. The summed E-state index contributed by atoms with van der Waals surface area (Å²) in [6, 6.07) is 12.2. The third-order valence-electron chi connectivity index (χ3n) is 6.30. The molecule has 1 aliphatic heterocycles.